The number of nitrogens with zero attached hydrogens (tertiary/aromatic N) is 1. The van der Waals surface area contributed by atoms with Crippen molar-refractivity contribution in [2.75, 3.05) is 33.8 Å². The maximum Gasteiger partial charge on any atom is 0.327 e. The molecule has 0 aromatic heterocycles. The molecule has 0 aliphatic rings. The quantitative estimate of drug-likeness (QED) is 0.776. The summed E-state index contributed by atoms with van der Waals surface area (Å²) in [6.07, 6.45) is 0. The minimum atomic E-state index is -0.769. The predicted molar refractivity (Wildman–Crippen MR) is 77.1 cm³/mol. The van der Waals surface area contributed by atoms with Gasteiger partial charge in [0.1, 0.15) is 11.9 Å². The van der Waals surface area contributed by atoms with Crippen molar-refractivity contribution in [3.63, 3.8) is 0 Å². The van der Waals surface area contributed by atoms with Crippen LogP contribution in [0.4, 0.5) is 4.39 Å². The summed E-state index contributed by atoms with van der Waals surface area (Å²) in [4.78, 5) is 14.0. The molecule has 0 amide bonds. The van der Waals surface area contributed by atoms with E-state index in [0.29, 0.717) is 12.1 Å². The molecule has 112 valence electrons. The summed E-state index contributed by atoms with van der Waals surface area (Å²) in [5.41, 5.74) is 1.24. The molecule has 0 aliphatic heterocycles. The first-order chi connectivity index (χ1) is 9.45. The van der Waals surface area contributed by atoms with Gasteiger partial charge in [-0.1, -0.05) is 17.7 Å². The molecule has 0 saturated carbocycles. The van der Waals surface area contributed by atoms with Crippen LogP contribution in [0.5, 0.6) is 0 Å². The van der Waals surface area contributed by atoms with Crippen LogP contribution in [-0.2, 0) is 9.53 Å². The molecular weight excluding hydrogens is 259 g/mol. The molecule has 4 nitrogen and oxygen atoms in total. The normalized spacial score (nSPS) is 12.5. The molecular formula is C15H23FN2O2. The maximum absolute atomic E-state index is 13.9. The number of ether oxygens (including phenoxy) is 1. The van der Waals surface area contributed by atoms with Crippen LogP contribution < -0.4 is 5.32 Å². The number of aryl methyl sites for hydroxylation is 1. The highest BCUT2D eigenvalue weighted by atomic mass is 19.1. The Balaban J connectivity index is 2.91. The second-order valence-corrected chi connectivity index (χ2v) is 4.97. The Kier molecular flexibility index (Phi) is 6.61. The molecule has 0 aliphatic carbocycles. The van der Waals surface area contributed by atoms with Crippen molar-refractivity contribution in [2.45, 2.75) is 19.9 Å². The topological polar surface area (TPSA) is 41.6 Å². The monoisotopic (exact) mass is 282 g/mol. The van der Waals surface area contributed by atoms with Crippen molar-refractivity contribution in [3.8, 4) is 0 Å². The van der Waals surface area contributed by atoms with E-state index in [0.717, 1.165) is 12.1 Å². The Hall–Kier alpha value is -1.46. The minimum absolute atomic E-state index is 0.276. The van der Waals surface area contributed by atoms with Gasteiger partial charge >= 0.3 is 5.97 Å². The molecule has 0 bridgehead atoms. The van der Waals surface area contributed by atoms with Crippen LogP contribution in [0.15, 0.2) is 18.2 Å². The summed E-state index contributed by atoms with van der Waals surface area (Å²) < 4.78 is 19.0. The van der Waals surface area contributed by atoms with Crippen LogP contribution in [0.3, 0.4) is 0 Å². The summed E-state index contributed by atoms with van der Waals surface area (Å²) in [7, 11) is 3.88. The van der Waals surface area contributed by atoms with Gasteiger partial charge in [0.05, 0.1) is 6.61 Å². The number of rotatable bonds is 7. The van der Waals surface area contributed by atoms with Gasteiger partial charge in [-0.15, -0.1) is 0 Å². The van der Waals surface area contributed by atoms with Crippen molar-refractivity contribution in [1.82, 2.24) is 10.2 Å². The van der Waals surface area contributed by atoms with Crippen molar-refractivity contribution in [3.05, 3.63) is 35.1 Å². The largest absolute Gasteiger partial charge is 0.465 e. The van der Waals surface area contributed by atoms with E-state index in [-0.39, 0.29) is 6.61 Å². The fraction of sp³-hybridized carbons (Fsp3) is 0.533. The fourth-order valence-corrected chi connectivity index (χ4v) is 1.86. The van der Waals surface area contributed by atoms with E-state index in [1.54, 1.807) is 19.1 Å². The number of carbonyl (C=O) groups excluding carboxylic acids is 1. The van der Waals surface area contributed by atoms with Gasteiger partial charge < -0.3 is 9.64 Å². The molecule has 5 heteroatoms. The number of likely N-dealkylation sites (N-methyl/N-ethyl adjacent to an activating group) is 1. The molecule has 1 unspecified atom stereocenters. The third kappa shape index (κ3) is 4.90. The third-order valence-electron chi connectivity index (χ3n) is 2.89. The smallest absolute Gasteiger partial charge is 0.327 e. The summed E-state index contributed by atoms with van der Waals surface area (Å²) in [6, 6.07) is 3.97. The molecule has 0 fully saturated rings. The second-order valence-electron chi connectivity index (χ2n) is 4.97. The SMILES string of the molecule is CCOC(=O)C(NCCN(C)C)c1cc(C)ccc1F. The highest BCUT2D eigenvalue weighted by Gasteiger charge is 2.24. The van der Waals surface area contributed by atoms with Gasteiger partial charge in [-0.25, -0.2) is 9.18 Å². The number of hydrogen-bond donors (Lipinski definition) is 1. The molecule has 20 heavy (non-hydrogen) atoms. The Morgan fingerprint density at radius 1 is 1.45 bits per heavy atom. The van der Waals surface area contributed by atoms with E-state index in [1.807, 2.05) is 25.9 Å². The van der Waals surface area contributed by atoms with Crippen LogP contribution in [0.2, 0.25) is 0 Å². The summed E-state index contributed by atoms with van der Waals surface area (Å²) in [6.45, 7) is 5.21. The van der Waals surface area contributed by atoms with Crippen molar-refractivity contribution < 1.29 is 13.9 Å². The van der Waals surface area contributed by atoms with Crippen molar-refractivity contribution in [2.24, 2.45) is 0 Å². The first-order valence-electron chi connectivity index (χ1n) is 6.76. The van der Waals surface area contributed by atoms with Gasteiger partial charge in [0.25, 0.3) is 0 Å². The standard InChI is InChI=1S/C15H23FN2O2/c1-5-20-15(19)14(17-8-9-18(3)4)12-10-11(2)6-7-13(12)16/h6-7,10,14,17H,5,8-9H2,1-4H3. The summed E-state index contributed by atoms with van der Waals surface area (Å²) in [5, 5.41) is 3.06. The lowest BCUT2D eigenvalue weighted by atomic mass is 10.0. The molecule has 1 aromatic carbocycles. The lowest BCUT2D eigenvalue weighted by molar-refractivity contribution is -0.146. The average Bonchev–Trinajstić information content (AvgIpc) is 2.38. The number of benzene rings is 1. The second kappa shape index (κ2) is 7.97. The van der Waals surface area contributed by atoms with E-state index in [9.17, 15) is 9.18 Å². The molecule has 1 aromatic rings. The summed E-state index contributed by atoms with van der Waals surface area (Å²) in [5.74, 6) is -0.846. The zero-order chi connectivity index (χ0) is 15.1. The fourth-order valence-electron chi connectivity index (χ4n) is 1.86. The predicted octanol–water partition coefficient (Wildman–Crippen LogP) is 1.89. The Labute approximate surface area is 119 Å². The summed E-state index contributed by atoms with van der Waals surface area (Å²) >= 11 is 0. The highest BCUT2D eigenvalue weighted by molar-refractivity contribution is 5.77. The van der Waals surface area contributed by atoms with Crippen LogP contribution in [0, 0.1) is 12.7 Å². The number of carbonyl (C=O) groups is 1. The lowest BCUT2D eigenvalue weighted by Crippen LogP contribution is -2.35. The third-order valence-corrected chi connectivity index (χ3v) is 2.89. The van der Waals surface area contributed by atoms with Crippen LogP contribution in [-0.4, -0.2) is 44.7 Å². The first-order valence-corrected chi connectivity index (χ1v) is 6.76. The van der Waals surface area contributed by atoms with E-state index in [4.69, 9.17) is 4.74 Å². The van der Waals surface area contributed by atoms with E-state index in [1.165, 1.54) is 6.07 Å². The van der Waals surface area contributed by atoms with E-state index in [2.05, 4.69) is 5.32 Å². The molecule has 0 heterocycles. The van der Waals surface area contributed by atoms with Gasteiger partial charge in [-0.3, -0.25) is 5.32 Å². The molecule has 0 saturated heterocycles. The zero-order valence-electron chi connectivity index (χ0n) is 12.6. The highest BCUT2D eigenvalue weighted by Crippen LogP contribution is 2.20. The lowest BCUT2D eigenvalue weighted by Gasteiger charge is -2.20. The Morgan fingerprint density at radius 3 is 2.75 bits per heavy atom. The van der Waals surface area contributed by atoms with Crippen molar-refractivity contribution >= 4 is 5.97 Å². The average molecular weight is 282 g/mol. The zero-order valence-corrected chi connectivity index (χ0v) is 12.6. The molecule has 1 rings (SSSR count). The van der Waals surface area contributed by atoms with Gasteiger partial charge in [0, 0.05) is 18.7 Å². The van der Waals surface area contributed by atoms with Gasteiger partial charge in [0.2, 0.25) is 0 Å². The number of hydrogen-bond acceptors (Lipinski definition) is 4. The molecule has 1 atom stereocenters. The van der Waals surface area contributed by atoms with E-state index < -0.39 is 17.8 Å². The van der Waals surface area contributed by atoms with E-state index >= 15 is 0 Å². The van der Waals surface area contributed by atoms with Gasteiger partial charge in [-0.05, 0) is 34.0 Å². The Bertz CT molecular complexity index is 449. The van der Waals surface area contributed by atoms with Crippen molar-refractivity contribution in [1.29, 1.82) is 0 Å². The van der Waals surface area contributed by atoms with Crippen LogP contribution in [0.1, 0.15) is 24.1 Å². The molecule has 0 radical (unpaired) electrons. The van der Waals surface area contributed by atoms with Gasteiger partial charge in [-0.2, -0.15) is 0 Å². The number of halogens is 1. The Morgan fingerprint density at radius 2 is 2.15 bits per heavy atom. The number of nitrogens with one attached hydrogen (secondary N) is 1. The maximum atomic E-state index is 13.9. The molecule has 0 spiro atoms. The van der Waals surface area contributed by atoms with Gasteiger partial charge in [0.15, 0.2) is 0 Å². The van der Waals surface area contributed by atoms with Crippen LogP contribution >= 0.6 is 0 Å². The minimum Gasteiger partial charge on any atom is -0.465 e. The number of esters is 1. The molecule has 1 N–H and O–H groups in total. The van der Waals surface area contributed by atoms with Crippen LogP contribution in [0.25, 0.3) is 0 Å². The first kappa shape index (κ1) is 16.6.